The zero-order valence-electron chi connectivity index (χ0n) is 14.6. The number of rotatable bonds is 2. The first-order valence-corrected chi connectivity index (χ1v) is 8.14. The van der Waals surface area contributed by atoms with Crippen LogP contribution in [0.4, 0.5) is 4.79 Å². The van der Waals surface area contributed by atoms with Crippen molar-refractivity contribution in [3.8, 4) is 11.4 Å². The van der Waals surface area contributed by atoms with Crippen LogP contribution in [0.3, 0.4) is 0 Å². The maximum absolute atomic E-state index is 12.4. The van der Waals surface area contributed by atoms with Crippen LogP contribution < -0.4 is 11.1 Å². The van der Waals surface area contributed by atoms with Crippen LogP contribution in [0.25, 0.3) is 11.4 Å². The zero-order chi connectivity index (χ0) is 18.2. The first-order chi connectivity index (χ1) is 11.8. The Morgan fingerprint density at radius 2 is 2.00 bits per heavy atom. The Morgan fingerprint density at radius 3 is 2.60 bits per heavy atom. The van der Waals surface area contributed by atoms with Crippen molar-refractivity contribution in [2.24, 2.45) is 5.73 Å². The molecule has 8 nitrogen and oxygen atoms in total. The summed E-state index contributed by atoms with van der Waals surface area (Å²) in [5, 5.41) is 7.44. The highest BCUT2D eigenvalue weighted by molar-refractivity contribution is 5.99. The van der Waals surface area contributed by atoms with Gasteiger partial charge >= 0.3 is 6.03 Å². The molecule has 0 aromatic carbocycles. The lowest BCUT2D eigenvalue weighted by molar-refractivity contribution is 0.0997. The molecule has 132 valence electrons. The normalized spacial score (nSPS) is 14.1. The fraction of sp³-hybridized carbons (Fsp3) is 0.412. The lowest BCUT2D eigenvalue weighted by atomic mass is 10.1. The summed E-state index contributed by atoms with van der Waals surface area (Å²) < 4.78 is 1.74. The summed E-state index contributed by atoms with van der Waals surface area (Å²) in [6.45, 7) is 7.06. The molecule has 2 aromatic heterocycles. The molecule has 0 spiro atoms. The quantitative estimate of drug-likeness (QED) is 0.859. The minimum atomic E-state index is -0.569. The van der Waals surface area contributed by atoms with Gasteiger partial charge in [-0.05, 0) is 32.9 Å². The molecule has 0 atom stereocenters. The molecule has 0 fully saturated rings. The van der Waals surface area contributed by atoms with Crippen molar-refractivity contribution in [3.05, 3.63) is 35.7 Å². The predicted molar refractivity (Wildman–Crippen MR) is 92.7 cm³/mol. The van der Waals surface area contributed by atoms with E-state index in [-0.39, 0.29) is 18.1 Å². The number of pyridine rings is 1. The first kappa shape index (κ1) is 16.9. The van der Waals surface area contributed by atoms with Crippen LogP contribution in [0.15, 0.2) is 24.4 Å². The lowest BCUT2D eigenvalue weighted by Gasteiger charge is -2.31. The highest BCUT2D eigenvalue weighted by Crippen LogP contribution is 2.27. The van der Waals surface area contributed by atoms with Gasteiger partial charge in [0, 0.05) is 18.3 Å². The highest BCUT2D eigenvalue weighted by Gasteiger charge is 2.30. The molecule has 0 unspecified atom stereocenters. The minimum absolute atomic E-state index is 0.172. The first-order valence-electron chi connectivity index (χ1n) is 8.14. The Labute approximate surface area is 146 Å². The molecular weight excluding hydrogens is 320 g/mol. The Kier molecular flexibility index (Phi) is 4.20. The number of nitrogens with one attached hydrogen (secondary N) is 1. The average molecular weight is 342 g/mol. The Morgan fingerprint density at radius 1 is 1.24 bits per heavy atom. The number of primary amides is 1. The van der Waals surface area contributed by atoms with E-state index < -0.39 is 5.91 Å². The van der Waals surface area contributed by atoms with E-state index in [2.05, 4.69) is 15.4 Å². The minimum Gasteiger partial charge on any atom is -0.365 e. The molecule has 3 rings (SSSR count). The van der Waals surface area contributed by atoms with Gasteiger partial charge in [-0.15, -0.1) is 0 Å². The van der Waals surface area contributed by atoms with Crippen LogP contribution in [-0.2, 0) is 13.1 Å². The van der Waals surface area contributed by atoms with Gasteiger partial charge in [0.15, 0.2) is 0 Å². The Bertz CT molecular complexity index is 807. The van der Waals surface area contributed by atoms with Crippen LogP contribution in [0.1, 0.15) is 36.8 Å². The molecule has 8 heteroatoms. The number of fused-ring (bicyclic) bond motifs is 1. The molecule has 0 aliphatic carbocycles. The molecule has 25 heavy (non-hydrogen) atoms. The van der Waals surface area contributed by atoms with Crippen molar-refractivity contribution in [1.82, 2.24) is 25.0 Å². The van der Waals surface area contributed by atoms with E-state index in [1.807, 2.05) is 26.8 Å². The van der Waals surface area contributed by atoms with Gasteiger partial charge in [0.1, 0.15) is 5.69 Å². The third-order valence-corrected chi connectivity index (χ3v) is 3.90. The van der Waals surface area contributed by atoms with Gasteiger partial charge in [-0.2, -0.15) is 5.10 Å². The number of hydrogen-bond acceptors (Lipinski definition) is 4. The standard InChI is InChI=1S/C17H22N6O2/c1-17(2,3)20-16(25)22-8-9-23-12(10-22)13(15(18)24)14(21-23)11-6-4-5-7-19-11/h4-7H,8-10H2,1-3H3,(H2,18,24)(H,20,25). The van der Waals surface area contributed by atoms with Crippen molar-refractivity contribution in [2.45, 2.75) is 39.4 Å². The van der Waals surface area contributed by atoms with Crippen molar-refractivity contribution < 1.29 is 9.59 Å². The Hall–Kier alpha value is -2.90. The summed E-state index contributed by atoms with van der Waals surface area (Å²) in [4.78, 5) is 30.4. The molecular formula is C17H22N6O2. The number of carbonyl (C=O) groups excluding carboxylic acids is 2. The number of nitrogens with two attached hydrogens (primary N) is 1. The van der Waals surface area contributed by atoms with Crippen molar-refractivity contribution in [2.75, 3.05) is 6.54 Å². The second kappa shape index (κ2) is 6.19. The number of carbonyl (C=O) groups is 2. The van der Waals surface area contributed by atoms with Gasteiger partial charge in [-0.1, -0.05) is 6.07 Å². The zero-order valence-corrected chi connectivity index (χ0v) is 14.6. The number of aromatic nitrogens is 3. The second-order valence-electron chi connectivity index (χ2n) is 7.07. The van der Waals surface area contributed by atoms with Crippen LogP contribution in [0.2, 0.25) is 0 Å². The maximum Gasteiger partial charge on any atom is 0.318 e. The van der Waals surface area contributed by atoms with Gasteiger partial charge in [0.05, 0.1) is 30.0 Å². The summed E-state index contributed by atoms with van der Waals surface area (Å²) >= 11 is 0. The third-order valence-electron chi connectivity index (χ3n) is 3.90. The SMILES string of the molecule is CC(C)(C)NC(=O)N1CCn2nc(-c3ccccn3)c(C(N)=O)c2C1. The van der Waals surface area contributed by atoms with Crippen molar-refractivity contribution in [3.63, 3.8) is 0 Å². The van der Waals surface area contributed by atoms with Crippen molar-refractivity contribution >= 4 is 11.9 Å². The molecule has 0 saturated carbocycles. The van der Waals surface area contributed by atoms with E-state index in [1.54, 1.807) is 27.9 Å². The fourth-order valence-corrected chi connectivity index (χ4v) is 2.83. The summed E-state index contributed by atoms with van der Waals surface area (Å²) in [7, 11) is 0. The molecule has 1 aliphatic heterocycles. The predicted octanol–water partition coefficient (Wildman–Crippen LogP) is 1.37. The van der Waals surface area contributed by atoms with Crippen LogP contribution in [0.5, 0.6) is 0 Å². The van der Waals surface area contributed by atoms with E-state index in [4.69, 9.17) is 5.73 Å². The average Bonchev–Trinajstić information content (AvgIpc) is 2.92. The van der Waals surface area contributed by atoms with Gasteiger partial charge in [-0.25, -0.2) is 4.79 Å². The number of amides is 3. The molecule has 2 aromatic rings. The monoisotopic (exact) mass is 342 g/mol. The van der Waals surface area contributed by atoms with Crippen molar-refractivity contribution in [1.29, 1.82) is 0 Å². The Balaban J connectivity index is 1.95. The lowest BCUT2D eigenvalue weighted by Crippen LogP contribution is -2.50. The second-order valence-corrected chi connectivity index (χ2v) is 7.07. The third kappa shape index (κ3) is 3.47. The van der Waals surface area contributed by atoms with Gasteiger partial charge in [0.2, 0.25) is 0 Å². The van der Waals surface area contributed by atoms with Crippen LogP contribution in [-0.4, -0.2) is 43.7 Å². The van der Waals surface area contributed by atoms with Crippen LogP contribution >= 0.6 is 0 Å². The maximum atomic E-state index is 12.4. The summed E-state index contributed by atoms with van der Waals surface area (Å²) in [6.07, 6.45) is 1.64. The molecule has 0 radical (unpaired) electrons. The van der Waals surface area contributed by atoms with Gasteiger partial charge in [-0.3, -0.25) is 14.5 Å². The van der Waals surface area contributed by atoms with E-state index in [0.717, 1.165) is 0 Å². The number of nitrogens with zero attached hydrogens (tertiary/aromatic N) is 4. The topological polar surface area (TPSA) is 106 Å². The van der Waals surface area contributed by atoms with E-state index in [0.29, 0.717) is 35.7 Å². The molecule has 3 N–H and O–H groups in total. The number of hydrogen-bond donors (Lipinski definition) is 2. The molecule has 1 aliphatic rings. The summed E-state index contributed by atoms with van der Waals surface area (Å²) in [6, 6.07) is 5.23. The van der Waals surface area contributed by atoms with E-state index >= 15 is 0 Å². The van der Waals surface area contributed by atoms with E-state index in [9.17, 15) is 9.59 Å². The smallest absolute Gasteiger partial charge is 0.318 e. The van der Waals surface area contributed by atoms with Gasteiger partial charge in [0.25, 0.3) is 5.91 Å². The molecule has 3 amide bonds. The highest BCUT2D eigenvalue weighted by atomic mass is 16.2. The molecule has 0 saturated heterocycles. The van der Waals surface area contributed by atoms with Crippen LogP contribution in [0, 0.1) is 0 Å². The largest absolute Gasteiger partial charge is 0.365 e. The number of urea groups is 1. The fourth-order valence-electron chi connectivity index (χ4n) is 2.83. The summed E-state index contributed by atoms with van der Waals surface area (Å²) in [5.41, 5.74) is 7.29. The molecule has 3 heterocycles. The summed E-state index contributed by atoms with van der Waals surface area (Å²) in [5.74, 6) is -0.569. The molecule has 0 bridgehead atoms. The van der Waals surface area contributed by atoms with E-state index in [1.165, 1.54) is 0 Å². The van der Waals surface area contributed by atoms with Gasteiger partial charge < -0.3 is 16.0 Å².